The highest BCUT2D eigenvalue weighted by Crippen LogP contribution is 2.32. The summed E-state index contributed by atoms with van der Waals surface area (Å²) < 4.78 is 0. The first kappa shape index (κ1) is 72.1. The summed E-state index contributed by atoms with van der Waals surface area (Å²) in [6, 6.07) is 19.3. The van der Waals surface area contributed by atoms with Gasteiger partial charge in [-0.25, -0.2) is 0 Å². The van der Waals surface area contributed by atoms with Gasteiger partial charge in [-0.3, -0.25) is 28.8 Å². The third kappa shape index (κ3) is 38.8. The van der Waals surface area contributed by atoms with Crippen LogP contribution < -0.4 is 0 Å². The van der Waals surface area contributed by atoms with E-state index >= 15 is 0 Å². The molecule has 0 atom stereocenters. The van der Waals surface area contributed by atoms with Crippen molar-refractivity contribution in [2.24, 2.45) is 49.7 Å². The summed E-state index contributed by atoms with van der Waals surface area (Å²) in [6.07, 6.45) is 6.92. The fraction of sp³-hybridized carbons (Fsp3) is 0.683. The molecule has 0 radical (unpaired) electrons. The molecule has 1 fully saturated rings. The molecule has 3 rings (SSSR count). The normalized spacial score (nSPS) is 12.8. The molecule has 386 valence electrons. The Balaban J connectivity index is -0.000000226. The van der Waals surface area contributed by atoms with Crippen molar-refractivity contribution in [3.8, 4) is 0 Å². The topological polar surface area (TPSA) is 119 Å². The van der Waals surface area contributed by atoms with E-state index in [1.54, 1.807) is 6.92 Å². The van der Waals surface area contributed by atoms with Crippen LogP contribution >= 0.6 is 0 Å². The van der Waals surface area contributed by atoms with Gasteiger partial charge in [0.15, 0.2) is 5.78 Å². The molecule has 0 saturated heterocycles. The minimum absolute atomic E-state index is 0. The van der Waals surface area contributed by atoms with Crippen molar-refractivity contribution < 1.29 is 33.6 Å². The molecular formula is C60H104O7. The molecule has 1 aliphatic carbocycles. The van der Waals surface area contributed by atoms with E-state index in [4.69, 9.17) is 0 Å². The second-order valence-corrected chi connectivity index (χ2v) is 25.0. The molecule has 0 aliphatic heterocycles. The predicted octanol–water partition coefficient (Wildman–Crippen LogP) is 16.3. The molecule has 2 aromatic rings. The zero-order valence-electron chi connectivity index (χ0n) is 47.1. The number of benzene rings is 2. The van der Waals surface area contributed by atoms with Gasteiger partial charge in [-0.1, -0.05) is 247 Å². The van der Waals surface area contributed by atoms with E-state index in [1.165, 1.54) is 12.8 Å². The summed E-state index contributed by atoms with van der Waals surface area (Å²) >= 11 is 0. The summed E-state index contributed by atoms with van der Waals surface area (Å²) in [4.78, 5) is 77.3. The van der Waals surface area contributed by atoms with E-state index in [2.05, 4.69) is 0 Å². The van der Waals surface area contributed by atoms with Gasteiger partial charge in [-0.05, 0) is 25.3 Å². The standard InChI is InChI=1S/C12H16O.C11H14O.C10H18O.C8H16O.C7H14O.C6H12O.C5H10O.CH4/c1-12(2,3)11(13)9-10-7-5-4-6-8-10;1-11(2,3)10(12)9-7-5-4-6-8-9;1-10(2,3)9(11)8-6-4-5-7-8;1-6(2)7(9)8(3,4)5;1-5-6(8)7(2,3)4;1-5(7)6(2,3)4;1-5(2,3)4-6;/h4-8H,9H2,1-3H3;4-8H,1-3H3;8H,4-7H2,1-3H3;6H,1-5H3;5H2,1-4H3;1-4H3;4H,1-3H3;1H4. The number of carbonyl (C=O) groups is 7. The molecule has 1 saturated carbocycles. The van der Waals surface area contributed by atoms with Crippen molar-refractivity contribution in [2.75, 3.05) is 0 Å². The smallest absolute Gasteiger partial charge is 0.168 e. The van der Waals surface area contributed by atoms with Crippen LogP contribution in [0.4, 0.5) is 0 Å². The van der Waals surface area contributed by atoms with Crippen LogP contribution in [-0.2, 0) is 35.2 Å². The van der Waals surface area contributed by atoms with Gasteiger partial charge < -0.3 is 4.79 Å². The highest BCUT2D eigenvalue weighted by atomic mass is 16.1. The highest BCUT2D eigenvalue weighted by molar-refractivity contribution is 5.99. The number of ketones is 6. The predicted molar refractivity (Wildman–Crippen MR) is 288 cm³/mol. The van der Waals surface area contributed by atoms with Gasteiger partial charge in [0.2, 0.25) is 0 Å². The largest absolute Gasteiger partial charge is 0.303 e. The number of carbonyl (C=O) groups excluding carboxylic acids is 7. The van der Waals surface area contributed by atoms with Crippen LogP contribution in [-0.4, -0.2) is 41.0 Å². The van der Waals surface area contributed by atoms with Crippen molar-refractivity contribution in [1.29, 1.82) is 0 Å². The van der Waals surface area contributed by atoms with Crippen LogP contribution in [0.25, 0.3) is 0 Å². The van der Waals surface area contributed by atoms with Crippen molar-refractivity contribution in [2.45, 2.75) is 219 Å². The highest BCUT2D eigenvalue weighted by Gasteiger charge is 2.31. The third-order valence-corrected chi connectivity index (χ3v) is 10.1. The molecule has 0 spiro atoms. The molecule has 0 heterocycles. The zero-order chi connectivity index (χ0) is 53.3. The Bertz CT molecular complexity index is 1710. The van der Waals surface area contributed by atoms with Gasteiger partial charge in [0.1, 0.15) is 35.2 Å². The first-order valence-corrected chi connectivity index (χ1v) is 24.1. The number of rotatable bonds is 6. The Morgan fingerprint density at radius 1 is 0.537 bits per heavy atom. The summed E-state index contributed by atoms with van der Waals surface area (Å²) in [5.74, 6) is 2.42. The SMILES string of the molecule is C.CC(=O)C(C)(C)C.CC(C)(C)C(=O)C1CCCC1.CC(C)(C)C(=O)Cc1ccccc1.CC(C)(C)C(=O)c1ccccc1.CC(C)(C)C=O.CC(C)C(=O)C(C)(C)C.CCC(=O)C(C)(C)C. The average molecular weight is 937 g/mol. The maximum Gasteiger partial charge on any atom is 0.168 e. The monoisotopic (exact) mass is 937 g/mol. The first-order chi connectivity index (χ1) is 29.4. The quantitative estimate of drug-likeness (QED) is 0.209. The lowest BCUT2D eigenvalue weighted by Crippen LogP contribution is -2.26. The molecule has 0 amide bonds. The lowest BCUT2D eigenvalue weighted by molar-refractivity contribution is -0.130. The molecule has 7 heteroatoms. The molecular weight excluding hydrogens is 833 g/mol. The van der Waals surface area contributed by atoms with E-state index in [1.807, 2.05) is 227 Å². The number of hydrogen-bond acceptors (Lipinski definition) is 7. The first-order valence-electron chi connectivity index (χ1n) is 24.1. The zero-order valence-corrected chi connectivity index (χ0v) is 47.1. The Labute approximate surface area is 413 Å². The summed E-state index contributed by atoms with van der Waals surface area (Å²) in [5, 5.41) is 0. The van der Waals surface area contributed by atoms with Crippen LogP contribution in [0, 0.1) is 49.7 Å². The lowest BCUT2D eigenvalue weighted by Gasteiger charge is -2.20. The molecule has 0 unspecified atom stereocenters. The Kier molecular flexibility index (Phi) is 34.5. The van der Waals surface area contributed by atoms with Crippen LogP contribution in [0.5, 0.6) is 0 Å². The number of Topliss-reactive ketones (excluding diaryl/α,β-unsaturated/α-hetero) is 6. The van der Waals surface area contributed by atoms with E-state index in [0.717, 1.165) is 30.3 Å². The van der Waals surface area contributed by atoms with Crippen LogP contribution in [0.1, 0.15) is 229 Å². The Hall–Kier alpha value is -3.87. The van der Waals surface area contributed by atoms with Gasteiger partial charge in [-0.15, -0.1) is 0 Å². The van der Waals surface area contributed by atoms with Crippen LogP contribution in [0.3, 0.4) is 0 Å². The average Bonchev–Trinajstić information content (AvgIpc) is 3.71. The fourth-order valence-electron chi connectivity index (χ4n) is 5.27. The summed E-state index contributed by atoms with van der Waals surface area (Å²) in [7, 11) is 0. The lowest BCUT2D eigenvalue weighted by atomic mass is 9.82. The van der Waals surface area contributed by atoms with E-state index in [-0.39, 0.29) is 62.8 Å². The van der Waals surface area contributed by atoms with E-state index in [9.17, 15) is 33.6 Å². The Morgan fingerprint density at radius 2 is 0.881 bits per heavy atom. The molecule has 1 aliphatic rings. The van der Waals surface area contributed by atoms with Crippen molar-refractivity contribution in [3.05, 3.63) is 71.8 Å². The maximum atomic E-state index is 11.7. The fourth-order valence-corrected chi connectivity index (χ4v) is 5.27. The van der Waals surface area contributed by atoms with Gasteiger partial charge >= 0.3 is 0 Å². The van der Waals surface area contributed by atoms with E-state index in [0.29, 0.717) is 41.9 Å². The van der Waals surface area contributed by atoms with Gasteiger partial charge in [0, 0.05) is 68.1 Å². The second kappa shape index (κ2) is 32.0. The molecule has 0 bridgehead atoms. The van der Waals surface area contributed by atoms with Crippen LogP contribution in [0.2, 0.25) is 0 Å². The van der Waals surface area contributed by atoms with E-state index < -0.39 is 0 Å². The third-order valence-electron chi connectivity index (χ3n) is 10.1. The summed E-state index contributed by atoms with van der Waals surface area (Å²) in [6.45, 7) is 48.2. The molecule has 2 aromatic carbocycles. The summed E-state index contributed by atoms with van der Waals surface area (Å²) in [5.41, 5.74) is 0.710. The van der Waals surface area contributed by atoms with Crippen molar-refractivity contribution >= 4 is 41.0 Å². The molecule has 7 nitrogen and oxygen atoms in total. The van der Waals surface area contributed by atoms with Crippen molar-refractivity contribution in [1.82, 2.24) is 0 Å². The van der Waals surface area contributed by atoms with Crippen molar-refractivity contribution in [3.63, 3.8) is 0 Å². The number of aldehydes is 1. The van der Waals surface area contributed by atoms with Gasteiger partial charge in [0.25, 0.3) is 0 Å². The van der Waals surface area contributed by atoms with Gasteiger partial charge in [-0.2, -0.15) is 0 Å². The van der Waals surface area contributed by atoms with Gasteiger partial charge in [0.05, 0.1) is 0 Å². The van der Waals surface area contributed by atoms with Crippen LogP contribution in [0.15, 0.2) is 60.7 Å². The minimum atomic E-state index is -0.276. The minimum Gasteiger partial charge on any atom is -0.303 e. The number of hydrogen-bond donors (Lipinski definition) is 0. The molecule has 67 heavy (non-hydrogen) atoms. The maximum absolute atomic E-state index is 11.7. The molecule has 0 aromatic heterocycles. The Morgan fingerprint density at radius 3 is 1.09 bits per heavy atom. The molecule has 0 N–H and O–H groups in total. The second-order valence-electron chi connectivity index (χ2n) is 25.0.